The van der Waals surface area contributed by atoms with Crippen molar-refractivity contribution in [2.24, 2.45) is 0 Å². The summed E-state index contributed by atoms with van der Waals surface area (Å²) in [4.78, 5) is 15.6. The molecule has 1 saturated heterocycles. The Morgan fingerprint density at radius 3 is 2.56 bits per heavy atom. The van der Waals surface area contributed by atoms with Gasteiger partial charge in [0.25, 0.3) is 15.6 Å². The Morgan fingerprint density at radius 1 is 1.26 bits per heavy atom. The van der Waals surface area contributed by atoms with E-state index < -0.39 is 10.0 Å². The first-order valence-corrected chi connectivity index (χ1v) is 11.1. The summed E-state index contributed by atoms with van der Waals surface area (Å²) in [5.41, 5.74) is 2.26. The number of halogens is 1. The summed E-state index contributed by atoms with van der Waals surface area (Å²) in [5.74, 6) is 0. The van der Waals surface area contributed by atoms with Gasteiger partial charge in [-0.25, -0.2) is 8.42 Å². The Morgan fingerprint density at radius 2 is 1.93 bits per heavy atom. The lowest BCUT2D eigenvalue weighted by atomic mass is 10.1. The second-order valence-electron chi connectivity index (χ2n) is 6.64. The van der Waals surface area contributed by atoms with Crippen LogP contribution in [0.1, 0.15) is 31.0 Å². The Bertz CT molecular complexity index is 947. The van der Waals surface area contributed by atoms with Gasteiger partial charge in [-0.15, -0.1) is 23.7 Å². The Hall–Kier alpha value is -1.19. The predicted octanol–water partition coefficient (Wildman–Crippen LogP) is 2.77. The third-order valence-electron chi connectivity index (χ3n) is 5.00. The minimum atomic E-state index is -3.51. The van der Waals surface area contributed by atoms with Crippen LogP contribution in [-0.4, -0.2) is 43.9 Å². The van der Waals surface area contributed by atoms with E-state index in [1.165, 1.54) is 15.6 Å². The molecule has 27 heavy (non-hydrogen) atoms. The molecule has 0 aromatic carbocycles. The second-order valence-corrected chi connectivity index (χ2v) is 9.95. The van der Waals surface area contributed by atoms with E-state index in [4.69, 9.17) is 0 Å². The maximum Gasteiger partial charge on any atom is 0.252 e. The lowest BCUT2D eigenvalue weighted by Crippen LogP contribution is -2.43. The lowest BCUT2D eigenvalue weighted by Gasteiger charge is -2.30. The second kappa shape index (κ2) is 8.87. The maximum absolute atomic E-state index is 13.0. The van der Waals surface area contributed by atoms with E-state index in [0.29, 0.717) is 16.2 Å². The molecule has 0 bridgehead atoms. The Balaban J connectivity index is 0.00000261. The van der Waals surface area contributed by atoms with Crippen LogP contribution in [0.3, 0.4) is 0 Å². The van der Waals surface area contributed by atoms with Gasteiger partial charge in [-0.2, -0.15) is 4.31 Å². The number of thiophene rings is 1. The molecular weight excluding hydrogens is 406 g/mol. The minimum absolute atomic E-state index is 0. The van der Waals surface area contributed by atoms with E-state index in [0.717, 1.165) is 42.1 Å². The molecule has 1 fully saturated rings. The van der Waals surface area contributed by atoms with Crippen molar-refractivity contribution in [1.82, 2.24) is 14.6 Å². The number of aromatic amines is 1. The van der Waals surface area contributed by atoms with E-state index in [9.17, 15) is 13.2 Å². The molecule has 2 N–H and O–H groups in total. The van der Waals surface area contributed by atoms with Crippen molar-refractivity contribution in [3.05, 3.63) is 39.8 Å². The van der Waals surface area contributed by atoms with Gasteiger partial charge in [-0.05, 0) is 57.5 Å². The molecule has 0 amide bonds. The molecule has 0 radical (unpaired) electrons. The van der Waals surface area contributed by atoms with Gasteiger partial charge in [0.15, 0.2) is 0 Å². The van der Waals surface area contributed by atoms with Gasteiger partial charge < -0.3 is 10.3 Å². The first-order valence-electron chi connectivity index (χ1n) is 8.86. The molecule has 3 heterocycles. The first kappa shape index (κ1) is 22.1. The predicted molar refractivity (Wildman–Crippen MR) is 113 cm³/mol. The van der Waals surface area contributed by atoms with Crippen LogP contribution in [0.25, 0.3) is 10.4 Å². The van der Waals surface area contributed by atoms with Crippen molar-refractivity contribution in [2.75, 3.05) is 20.1 Å². The van der Waals surface area contributed by atoms with E-state index in [1.54, 1.807) is 13.1 Å². The van der Waals surface area contributed by atoms with Crippen molar-refractivity contribution in [1.29, 1.82) is 0 Å². The molecule has 0 unspecified atom stereocenters. The highest BCUT2D eigenvalue weighted by Crippen LogP contribution is 2.34. The lowest BCUT2D eigenvalue weighted by molar-refractivity contribution is 0.297. The smallest absolute Gasteiger partial charge is 0.252 e. The minimum Gasteiger partial charge on any atom is -0.326 e. The molecule has 150 valence electrons. The highest BCUT2D eigenvalue weighted by atomic mass is 35.5. The zero-order valence-electron chi connectivity index (χ0n) is 15.7. The molecule has 9 heteroatoms. The van der Waals surface area contributed by atoms with Gasteiger partial charge in [0.05, 0.1) is 0 Å². The molecule has 3 rings (SSSR count). The van der Waals surface area contributed by atoms with E-state index >= 15 is 0 Å². The van der Waals surface area contributed by atoms with Crippen molar-refractivity contribution in [2.45, 2.75) is 43.4 Å². The molecule has 0 saturated carbocycles. The summed E-state index contributed by atoms with van der Waals surface area (Å²) in [6.07, 6.45) is 2.29. The molecule has 1 aliphatic heterocycles. The third kappa shape index (κ3) is 4.46. The maximum atomic E-state index is 13.0. The van der Waals surface area contributed by atoms with Gasteiger partial charge >= 0.3 is 0 Å². The number of sulfonamides is 1. The molecular formula is C18H26ClN3O3S2. The SMILES string of the molecule is CCc1cc(-c2ccc(S(=O)(=O)N(C)C3CCNCC3)s2)c(C)[nH]c1=O.Cl. The number of nitrogens with one attached hydrogen (secondary N) is 2. The highest BCUT2D eigenvalue weighted by Gasteiger charge is 2.30. The zero-order chi connectivity index (χ0) is 18.9. The van der Waals surface area contributed by atoms with Crippen LogP contribution in [0.4, 0.5) is 0 Å². The first-order chi connectivity index (χ1) is 12.3. The monoisotopic (exact) mass is 431 g/mol. The number of pyridine rings is 1. The fourth-order valence-electron chi connectivity index (χ4n) is 3.30. The van der Waals surface area contributed by atoms with Crippen LogP contribution in [0.15, 0.2) is 27.2 Å². The van der Waals surface area contributed by atoms with Crippen LogP contribution in [-0.2, 0) is 16.4 Å². The number of nitrogens with zero attached hydrogens (tertiary/aromatic N) is 1. The van der Waals surface area contributed by atoms with Gasteiger partial charge in [-0.1, -0.05) is 6.92 Å². The van der Waals surface area contributed by atoms with Crippen molar-refractivity contribution < 1.29 is 8.42 Å². The van der Waals surface area contributed by atoms with Gasteiger partial charge in [0.1, 0.15) is 4.21 Å². The summed E-state index contributed by atoms with van der Waals surface area (Å²) >= 11 is 1.26. The van der Waals surface area contributed by atoms with Crippen molar-refractivity contribution >= 4 is 33.8 Å². The van der Waals surface area contributed by atoms with Crippen LogP contribution in [0, 0.1) is 6.92 Å². The van der Waals surface area contributed by atoms with Gasteiger partial charge in [0, 0.05) is 34.8 Å². The summed E-state index contributed by atoms with van der Waals surface area (Å²) in [6, 6.07) is 5.40. The van der Waals surface area contributed by atoms with Crippen LogP contribution in [0.5, 0.6) is 0 Å². The zero-order valence-corrected chi connectivity index (χ0v) is 18.2. The third-order valence-corrected chi connectivity index (χ3v) is 8.50. The summed E-state index contributed by atoms with van der Waals surface area (Å²) in [6.45, 7) is 5.46. The number of aryl methyl sites for hydroxylation is 2. The number of H-pyrrole nitrogens is 1. The van der Waals surface area contributed by atoms with Gasteiger partial charge in [-0.3, -0.25) is 4.79 Å². The summed E-state index contributed by atoms with van der Waals surface area (Å²) in [7, 11) is -1.84. The van der Waals surface area contributed by atoms with Crippen molar-refractivity contribution in [3.8, 4) is 10.4 Å². The van der Waals surface area contributed by atoms with E-state index in [2.05, 4.69) is 10.3 Å². The fraction of sp³-hybridized carbons (Fsp3) is 0.500. The standard InChI is InChI=1S/C18H25N3O3S2.ClH/c1-4-13-11-15(12(2)20-18(13)22)16-5-6-17(25-16)26(23,24)21(3)14-7-9-19-10-8-14;/h5-6,11,14,19H,4,7-10H2,1-3H3,(H,20,22);1H. The van der Waals surface area contributed by atoms with Crippen LogP contribution < -0.4 is 10.9 Å². The summed E-state index contributed by atoms with van der Waals surface area (Å²) < 4.78 is 27.9. The Kier molecular flexibility index (Phi) is 7.27. The number of hydrogen-bond donors (Lipinski definition) is 2. The van der Waals surface area contributed by atoms with Crippen LogP contribution in [0.2, 0.25) is 0 Å². The number of rotatable bonds is 5. The topological polar surface area (TPSA) is 82.3 Å². The molecule has 2 aromatic heterocycles. The van der Waals surface area contributed by atoms with Crippen molar-refractivity contribution in [3.63, 3.8) is 0 Å². The van der Waals surface area contributed by atoms with E-state index in [-0.39, 0.29) is 24.0 Å². The Labute approximate surface area is 170 Å². The molecule has 0 spiro atoms. The largest absolute Gasteiger partial charge is 0.326 e. The number of hydrogen-bond acceptors (Lipinski definition) is 5. The van der Waals surface area contributed by atoms with Crippen LogP contribution >= 0.6 is 23.7 Å². The quantitative estimate of drug-likeness (QED) is 0.762. The number of piperidine rings is 1. The fourth-order valence-corrected chi connectivity index (χ4v) is 6.28. The molecule has 1 aliphatic rings. The molecule has 2 aromatic rings. The molecule has 0 atom stereocenters. The summed E-state index contributed by atoms with van der Waals surface area (Å²) in [5, 5.41) is 3.26. The normalized spacial score (nSPS) is 15.7. The highest BCUT2D eigenvalue weighted by molar-refractivity contribution is 7.91. The van der Waals surface area contributed by atoms with E-state index in [1.807, 2.05) is 26.0 Å². The molecule has 0 aliphatic carbocycles. The average Bonchev–Trinajstić information content (AvgIpc) is 3.12. The number of aromatic nitrogens is 1. The van der Waals surface area contributed by atoms with Gasteiger partial charge in [0.2, 0.25) is 0 Å². The average molecular weight is 432 g/mol. The molecule has 6 nitrogen and oxygen atoms in total.